The molecule has 3 heterocycles. The summed E-state index contributed by atoms with van der Waals surface area (Å²) < 4.78 is 35.7. The standard InChI is InChI=1S/C26H29N7O4S.3H2/c1-15(2)13-33-14-19(12-30-33)21-7-6-20(24(34)32-38(35,36)26-23(27)28-8-9-29-26)25(31-21)37-22-17(4)10-16(3)11-18(22)5;;;/h6-12,14-15H,13H2,1-5H3,(H2,27,28)(H,32,34);3*1H. The van der Waals surface area contributed by atoms with Crippen LogP contribution in [0.25, 0.3) is 11.3 Å². The Labute approximate surface area is 225 Å². The minimum absolute atomic E-state index is 0. The highest BCUT2D eigenvalue weighted by molar-refractivity contribution is 7.90. The van der Waals surface area contributed by atoms with Crippen molar-refractivity contribution in [2.45, 2.75) is 46.2 Å². The van der Waals surface area contributed by atoms with Gasteiger partial charge in [0.15, 0.2) is 5.82 Å². The summed E-state index contributed by atoms with van der Waals surface area (Å²) in [5, 5.41) is 3.83. The Balaban J connectivity index is 0.00000280. The maximum absolute atomic E-state index is 13.2. The summed E-state index contributed by atoms with van der Waals surface area (Å²) in [7, 11) is -4.42. The van der Waals surface area contributed by atoms with Crippen LogP contribution in [0.1, 0.15) is 45.2 Å². The fourth-order valence-electron chi connectivity index (χ4n) is 4.01. The number of nitrogens with zero attached hydrogens (tertiary/aromatic N) is 5. The molecule has 0 aliphatic heterocycles. The third kappa shape index (κ3) is 5.80. The third-order valence-corrected chi connectivity index (χ3v) is 6.84. The van der Waals surface area contributed by atoms with Crippen LogP contribution in [0.15, 0.2) is 54.1 Å². The number of anilines is 1. The Kier molecular flexibility index (Phi) is 7.44. The number of ether oxygens (including phenoxy) is 1. The number of amides is 1. The molecule has 1 amide bonds. The fourth-order valence-corrected chi connectivity index (χ4v) is 4.99. The van der Waals surface area contributed by atoms with Crippen molar-refractivity contribution in [3.63, 3.8) is 0 Å². The second-order valence-electron chi connectivity index (χ2n) is 9.41. The van der Waals surface area contributed by atoms with Crippen LogP contribution in [0, 0.1) is 26.7 Å². The minimum atomic E-state index is -4.42. The average molecular weight is 542 g/mol. The smallest absolute Gasteiger partial charge is 0.285 e. The highest BCUT2D eigenvalue weighted by atomic mass is 32.2. The van der Waals surface area contributed by atoms with Crippen LogP contribution in [0.4, 0.5) is 5.82 Å². The van der Waals surface area contributed by atoms with Crippen molar-refractivity contribution >= 4 is 21.7 Å². The number of benzene rings is 1. The molecule has 0 aliphatic rings. The zero-order valence-electron chi connectivity index (χ0n) is 21.8. The zero-order valence-corrected chi connectivity index (χ0v) is 22.6. The van der Waals surface area contributed by atoms with Crippen molar-refractivity contribution < 1.29 is 22.2 Å². The number of rotatable bonds is 8. The number of nitrogens with two attached hydrogens (primary N) is 1. The van der Waals surface area contributed by atoms with E-state index in [-0.39, 0.29) is 21.5 Å². The molecule has 0 bridgehead atoms. The summed E-state index contributed by atoms with van der Waals surface area (Å²) in [5.74, 6) is -0.428. The van der Waals surface area contributed by atoms with Crippen LogP contribution in [-0.2, 0) is 16.6 Å². The molecule has 4 rings (SSSR count). The van der Waals surface area contributed by atoms with Gasteiger partial charge in [0, 0.05) is 35.0 Å². The van der Waals surface area contributed by atoms with E-state index in [1.165, 1.54) is 18.5 Å². The second kappa shape index (κ2) is 10.6. The van der Waals surface area contributed by atoms with Gasteiger partial charge in [-0.25, -0.2) is 19.7 Å². The molecule has 3 N–H and O–H groups in total. The van der Waals surface area contributed by atoms with Gasteiger partial charge in [-0.15, -0.1) is 0 Å². The predicted octanol–water partition coefficient (Wildman–Crippen LogP) is 4.55. The number of carbonyl (C=O) groups excluding carboxylic acids is 1. The number of sulfonamides is 1. The maximum Gasteiger partial charge on any atom is 0.285 e. The molecule has 0 saturated carbocycles. The SMILES string of the molecule is Cc1cc(C)c(Oc2nc(-c3cnn(CC(C)C)c3)ccc2C(=O)NS(=O)(=O)c2nccnc2N)c(C)c1.[HH].[HH].[HH]. The summed E-state index contributed by atoms with van der Waals surface area (Å²) in [6, 6.07) is 6.96. The van der Waals surface area contributed by atoms with E-state index in [0.29, 0.717) is 17.4 Å². The van der Waals surface area contributed by atoms with Gasteiger partial charge in [-0.05, 0) is 49.9 Å². The topological polar surface area (TPSA) is 155 Å². The number of nitrogens with one attached hydrogen (secondary N) is 1. The maximum atomic E-state index is 13.2. The van der Waals surface area contributed by atoms with E-state index in [1.54, 1.807) is 12.3 Å². The van der Waals surface area contributed by atoms with Gasteiger partial charge >= 0.3 is 0 Å². The molecule has 0 fully saturated rings. The number of carbonyl (C=O) groups is 1. The molecule has 12 heteroatoms. The number of aromatic nitrogens is 5. The molecule has 0 aliphatic carbocycles. The predicted molar refractivity (Wildman–Crippen MR) is 148 cm³/mol. The first-order valence-corrected chi connectivity index (χ1v) is 13.4. The molecule has 204 valence electrons. The summed E-state index contributed by atoms with van der Waals surface area (Å²) in [5.41, 5.74) is 9.54. The van der Waals surface area contributed by atoms with Gasteiger partial charge < -0.3 is 10.5 Å². The normalized spacial score (nSPS) is 11.5. The van der Waals surface area contributed by atoms with Crippen LogP contribution in [0.2, 0.25) is 0 Å². The van der Waals surface area contributed by atoms with Gasteiger partial charge in [-0.2, -0.15) is 13.5 Å². The van der Waals surface area contributed by atoms with Gasteiger partial charge in [0.2, 0.25) is 10.9 Å². The highest BCUT2D eigenvalue weighted by Gasteiger charge is 2.26. The van der Waals surface area contributed by atoms with E-state index in [1.807, 2.05) is 48.5 Å². The van der Waals surface area contributed by atoms with Crippen LogP contribution < -0.4 is 15.2 Å². The van der Waals surface area contributed by atoms with Gasteiger partial charge in [-0.1, -0.05) is 31.5 Å². The molecule has 0 saturated heterocycles. The van der Waals surface area contributed by atoms with Gasteiger partial charge in [-0.3, -0.25) is 9.48 Å². The average Bonchev–Trinajstić information content (AvgIpc) is 3.29. The van der Waals surface area contributed by atoms with Crippen molar-refractivity contribution in [3.8, 4) is 22.9 Å². The Hall–Kier alpha value is -4.32. The number of hydrogen-bond donors (Lipinski definition) is 2. The number of nitrogen functional groups attached to an aromatic ring is 1. The molecular weight excluding hydrogens is 506 g/mol. The quantitative estimate of drug-likeness (QED) is 0.327. The first-order valence-electron chi connectivity index (χ1n) is 11.9. The summed E-state index contributed by atoms with van der Waals surface area (Å²) in [6.07, 6.45) is 5.95. The second-order valence-corrected chi connectivity index (χ2v) is 11.0. The molecule has 38 heavy (non-hydrogen) atoms. The fraction of sp³-hybridized carbons (Fsp3) is 0.269. The Morgan fingerprint density at radius 3 is 2.47 bits per heavy atom. The van der Waals surface area contributed by atoms with Gasteiger partial charge in [0.25, 0.3) is 15.9 Å². The lowest BCUT2D eigenvalue weighted by Gasteiger charge is -2.16. The lowest BCUT2D eigenvalue weighted by Crippen LogP contribution is -2.32. The molecule has 0 spiro atoms. The Morgan fingerprint density at radius 2 is 1.82 bits per heavy atom. The zero-order chi connectivity index (χ0) is 27.6. The monoisotopic (exact) mass is 541 g/mol. The first kappa shape index (κ1) is 26.7. The van der Waals surface area contributed by atoms with Gasteiger partial charge in [0.05, 0.1) is 11.9 Å². The van der Waals surface area contributed by atoms with E-state index < -0.39 is 21.0 Å². The lowest BCUT2D eigenvalue weighted by atomic mass is 10.1. The first-order chi connectivity index (χ1) is 17.9. The van der Waals surface area contributed by atoms with Crippen LogP contribution in [0.3, 0.4) is 0 Å². The Bertz CT molecular complexity index is 1610. The van der Waals surface area contributed by atoms with E-state index in [4.69, 9.17) is 10.5 Å². The van der Waals surface area contributed by atoms with E-state index in [9.17, 15) is 13.2 Å². The molecule has 0 atom stereocenters. The third-order valence-electron chi connectivity index (χ3n) is 5.56. The summed E-state index contributed by atoms with van der Waals surface area (Å²) >= 11 is 0. The van der Waals surface area contributed by atoms with E-state index in [0.717, 1.165) is 28.8 Å². The largest absolute Gasteiger partial charge is 0.438 e. The van der Waals surface area contributed by atoms with Crippen molar-refractivity contribution in [1.29, 1.82) is 0 Å². The molecule has 0 radical (unpaired) electrons. The van der Waals surface area contributed by atoms with E-state index >= 15 is 0 Å². The lowest BCUT2D eigenvalue weighted by molar-refractivity contribution is 0.0978. The van der Waals surface area contributed by atoms with Crippen molar-refractivity contribution in [2.75, 3.05) is 5.73 Å². The summed E-state index contributed by atoms with van der Waals surface area (Å²) in [6.45, 7) is 10.7. The number of aryl methyl sites for hydroxylation is 3. The molecule has 11 nitrogen and oxygen atoms in total. The molecular formula is C26H35N7O4S. The number of hydrogen-bond acceptors (Lipinski definition) is 9. The molecule has 0 unspecified atom stereocenters. The van der Waals surface area contributed by atoms with Crippen LogP contribution in [0.5, 0.6) is 11.6 Å². The Morgan fingerprint density at radius 1 is 1.13 bits per heavy atom. The van der Waals surface area contributed by atoms with Crippen LogP contribution >= 0.6 is 0 Å². The molecule has 3 aromatic heterocycles. The molecule has 4 aromatic rings. The van der Waals surface area contributed by atoms with E-state index in [2.05, 4.69) is 33.9 Å². The van der Waals surface area contributed by atoms with Crippen molar-refractivity contribution in [1.82, 2.24) is 29.5 Å². The van der Waals surface area contributed by atoms with Gasteiger partial charge in [0.1, 0.15) is 11.3 Å². The minimum Gasteiger partial charge on any atom is -0.438 e. The highest BCUT2D eigenvalue weighted by Crippen LogP contribution is 2.32. The van der Waals surface area contributed by atoms with Crippen LogP contribution in [-0.4, -0.2) is 39.1 Å². The molecule has 1 aromatic carbocycles. The van der Waals surface area contributed by atoms with Crippen molar-refractivity contribution in [2.24, 2.45) is 5.92 Å². The number of pyridine rings is 1. The van der Waals surface area contributed by atoms with Crippen molar-refractivity contribution in [3.05, 3.63) is 71.3 Å². The summed E-state index contributed by atoms with van der Waals surface area (Å²) in [4.78, 5) is 25.3.